The number of piperazine rings is 1. The first-order valence-electron chi connectivity index (χ1n) is 7.45. The first kappa shape index (κ1) is 15.5. The van der Waals surface area contributed by atoms with Gasteiger partial charge in [-0.25, -0.2) is 12.7 Å². The molecule has 2 aliphatic rings. The SMILES string of the molecule is CN(C)S(=O)(=O)c1ccc(C(=O)N2CCN(C3CC3)CC2)o1. The summed E-state index contributed by atoms with van der Waals surface area (Å²) in [5.41, 5.74) is 0. The Morgan fingerprint density at radius 1 is 1.18 bits per heavy atom. The molecule has 7 nitrogen and oxygen atoms in total. The first-order chi connectivity index (χ1) is 10.4. The minimum absolute atomic E-state index is 0.0836. The van der Waals surface area contributed by atoms with Crippen LogP contribution in [-0.2, 0) is 10.0 Å². The smallest absolute Gasteiger partial charge is 0.289 e. The topological polar surface area (TPSA) is 74.1 Å². The second kappa shape index (κ2) is 5.68. The number of carbonyl (C=O) groups excluding carboxylic acids is 1. The van der Waals surface area contributed by atoms with Gasteiger partial charge in [-0.3, -0.25) is 9.69 Å². The van der Waals surface area contributed by atoms with Crippen LogP contribution >= 0.6 is 0 Å². The summed E-state index contributed by atoms with van der Waals surface area (Å²) in [6, 6.07) is 3.48. The van der Waals surface area contributed by atoms with Gasteiger partial charge in [-0.15, -0.1) is 0 Å². The minimum Gasteiger partial charge on any atom is -0.438 e. The lowest BCUT2D eigenvalue weighted by Crippen LogP contribution is -2.49. The highest BCUT2D eigenvalue weighted by molar-refractivity contribution is 7.88. The Morgan fingerprint density at radius 3 is 2.36 bits per heavy atom. The van der Waals surface area contributed by atoms with Crippen molar-refractivity contribution in [1.29, 1.82) is 0 Å². The van der Waals surface area contributed by atoms with E-state index in [-0.39, 0.29) is 16.8 Å². The Labute approximate surface area is 130 Å². The molecule has 1 aromatic rings. The van der Waals surface area contributed by atoms with Crippen LogP contribution in [0.2, 0.25) is 0 Å². The monoisotopic (exact) mass is 327 g/mol. The molecule has 0 aromatic carbocycles. The number of sulfonamides is 1. The maximum atomic E-state index is 12.4. The Kier molecular flexibility index (Phi) is 4.00. The van der Waals surface area contributed by atoms with E-state index in [1.165, 1.54) is 39.1 Å². The molecule has 0 bridgehead atoms. The second-order valence-electron chi connectivity index (χ2n) is 5.97. The predicted octanol–water partition coefficient (Wildman–Crippen LogP) is 0.450. The normalized spacial score (nSPS) is 20.6. The van der Waals surface area contributed by atoms with Crippen LogP contribution in [0, 0.1) is 0 Å². The zero-order valence-corrected chi connectivity index (χ0v) is 13.7. The third-order valence-corrected chi connectivity index (χ3v) is 5.88. The Morgan fingerprint density at radius 2 is 1.82 bits per heavy atom. The maximum Gasteiger partial charge on any atom is 0.289 e. The van der Waals surface area contributed by atoms with Crippen molar-refractivity contribution in [1.82, 2.24) is 14.1 Å². The van der Waals surface area contributed by atoms with Crippen molar-refractivity contribution in [2.24, 2.45) is 0 Å². The van der Waals surface area contributed by atoms with Crippen molar-refractivity contribution >= 4 is 15.9 Å². The number of carbonyl (C=O) groups is 1. The van der Waals surface area contributed by atoms with E-state index in [2.05, 4.69) is 4.90 Å². The molecule has 22 heavy (non-hydrogen) atoms. The van der Waals surface area contributed by atoms with Crippen LogP contribution in [0.5, 0.6) is 0 Å². The molecule has 1 aliphatic heterocycles. The predicted molar refractivity (Wildman–Crippen MR) is 80.1 cm³/mol. The third kappa shape index (κ3) is 2.90. The van der Waals surface area contributed by atoms with Gasteiger partial charge in [-0.05, 0) is 25.0 Å². The van der Waals surface area contributed by atoms with Gasteiger partial charge in [-0.1, -0.05) is 0 Å². The standard InChI is InChI=1S/C14H21N3O4S/c1-15(2)22(19,20)13-6-5-12(21-13)14(18)17-9-7-16(8-10-17)11-3-4-11/h5-6,11H,3-4,7-10H2,1-2H3. The summed E-state index contributed by atoms with van der Waals surface area (Å²) < 4.78 is 30.3. The Hall–Kier alpha value is -1.38. The quantitative estimate of drug-likeness (QED) is 0.803. The molecule has 0 unspecified atom stereocenters. The number of hydrogen-bond acceptors (Lipinski definition) is 5. The largest absolute Gasteiger partial charge is 0.438 e. The average Bonchev–Trinajstić information content (AvgIpc) is 3.22. The van der Waals surface area contributed by atoms with Gasteiger partial charge in [0.1, 0.15) is 0 Å². The molecular formula is C14H21N3O4S. The number of amides is 1. The number of furan rings is 1. The van der Waals surface area contributed by atoms with Gasteiger partial charge in [-0.2, -0.15) is 0 Å². The lowest BCUT2D eigenvalue weighted by atomic mass is 10.3. The van der Waals surface area contributed by atoms with Gasteiger partial charge in [0, 0.05) is 46.3 Å². The van der Waals surface area contributed by atoms with Gasteiger partial charge in [0.05, 0.1) is 0 Å². The molecule has 2 heterocycles. The summed E-state index contributed by atoms with van der Waals surface area (Å²) in [4.78, 5) is 16.5. The van der Waals surface area contributed by atoms with Gasteiger partial charge >= 0.3 is 0 Å². The molecule has 0 atom stereocenters. The van der Waals surface area contributed by atoms with Gasteiger partial charge in [0.25, 0.3) is 15.9 Å². The first-order valence-corrected chi connectivity index (χ1v) is 8.89. The van der Waals surface area contributed by atoms with Crippen LogP contribution in [0.1, 0.15) is 23.4 Å². The molecule has 1 amide bonds. The van der Waals surface area contributed by atoms with Gasteiger partial charge < -0.3 is 9.32 Å². The lowest BCUT2D eigenvalue weighted by Gasteiger charge is -2.34. The summed E-state index contributed by atoms with van der Waals surface area (Å²) in [6.07, 6.45) is 2.52. The molecule has 3 rings (SSSR count). The number of rotatable bonds is 4. The van der Waals surface area contributed by atoms with Crippen molar-refractivity contribution in [2.45, 2.75) is 24.0 Å². The summed E-state index contributed by atoms with van der Waals surface area (Å²) >= 11 is 0. The van der Waals surface area contributed by atoms with Crippen molar-refractivity contribution in [3.8, 4) is 0 Å². The lowest BCUT2D eigenvalue weighted by molar-refractivity contribution is 0.0591. The summed E-state index contributed by atoms with van der Waals surface area (Å²) in [7, 11) is -0.790. The van der Waals surface area contributed by atoms with Crippen molar-refractivity contribution in [2.75, 3.05) is 40.3 Å². The fraction of sp³-hybridized carbons (Fsp3) is 0.643. The van der Waals surface area contributed by atoms with E-state index in [4.69, 9.17) is 4.42 Å². The Bertz CT molecular complexity index is 655. The van der Waals surface area contributed by atoms with E-state index < -0.39 is 10.0 Å². The highest BCUT2D eigenvalue weighted by Gasteiger charge is 2.33. The van der Waals surface area contributed by atoms with E-state index in [0.29, 0.717) is 19.1 Å². The van der Waals surface area contributed by atoms with E-state index >= 15 is 0 Å². The van der Waals surface area contributed by atoms with Crippen LogP contribution in [0.3, 0.4) is 0 Å². The van der Waals surface area contributed by atoms with Crippen LogP contribution in [0.25, 0.3) is 0 Å². The van der Waals surface area contributed by atoms with E-state index in [1.54, 1.807) is 4.90 Å². The molecule has 122 valence electrons. The fourth-order valence-corrected chi connectivity index (χ4v) is 3.43. The second-order valence-corrected chi connectivity index (χ2v) is 8.05. The van der Waals surface area contributed by atoms with Crippen molar-refractivity contribution in [3.05, 3.63) is 17.9 Å². The van der Waals surface area contributed by atoms with Crippen LogP contribution < -0.4 is 0 Å². The molecule has 0 spiro atoms. The van der Waals surface area contributed by atoms with E-state index in [1.807, 2.05) is 0 Å². The maximum absolute atomic E-state index is 12.4. The highest BCUT2D eigenvalue weighted by Crippen LogP contribution is 2.27. The van der Waals surface area contributed by atoms with Crippen molar-refractivity contribution < 1.29 is 17.6 Å². The zero-order chi connectivity index (χ0) is 15.9. The summed E-state index contributed by atoms with van der Waals surface area (Å²) in [5, 5.41) is -0.197. The summed E-state index contributed by atoms with van der Waals surface area (Å²) in [5.74, 6) is -0.157. The molecule has 2 fully saturated rings. The minimum atomic E-state index is -3.64. The fourth-order valence-electron chi connectivity index (χ4n) is 2.64. The molecule has 1 aliphatic carbocycles. The van der Waals surface area contributed by atoms with E-state index in [0.717, 1.165) is 17.4 Å². The third-order valence-electron chi connectivity index (χ3n) is 4.19. The van der Waals surface area contributed by atoms with Crippen molar-refractivity contribution in [3.63, 3.8) is 0 Å². The molecule has 0 radical (unpaired) electrons. The van der Waals surface area contributed by atoms with Crippen LogP contribution in [0.4, 0.5) is 0 Å². The summed E-state index contributed by atoms with van der Waals surface area (Å²) in [6.45, 7) is 3.07. The molecule has 0 N–H and O–H groups in total. The molecule has 1 aromatic heterocycles. The van der Waals surface area contributed by atoms with Crippen LogP contribution in [-0.4, -0.2) is 74.7 Å². The highest BCUT2D eigenvalue weighted by atomic mass is 32.2. The number of hydrogen-bond donors (Lipinski definition) is 0. The molecular weight excluding hydrogens is 306 g/mol. The zero-order valence-electron chi connectivity index (χ0n) is 12.9. The molecule has 1 saturated heterocycles. The Balaban J connectivity index is 1.67. The van der Waals surface area contributed by atoms with Gasteiger partial charge in [0.2, 0.25) is 5.09 Å². The average molecular weight is 327 g/mol. The van der Waals surface area contributed by atoms with Gasteiger partial charge in [0.15, 0.2) is 5.76 Å². The number of nitrogens with zero attached hydrogens (tertiary/aromatic N) is 3. The molecule has 1 saturated carbocycles. The van der Waals surface area contributed by atoms with E-state index in [9.17, 15) is 13.2 Å². The van der Waals surface area contributed by atoms with Crippen LogP contribution in [0.15, 0.2) is 21.6 Å². The molecule has 8 heteroatoms.